The van der Waals surface area contributed by atoms with Gasteiger partial charge in [-0.3, -0.25) is 21.8 Å². The molecule has 6 heteroatoms. The zero-order chi connectivity index (χ0) is 21.1. The molecular formula is C24H32N4OY-2. The molecule has 3 atom stereocenters. The number of nitrogens with zero attached hydrogens (tertiary/aromatic N) is 4. The molecule has 3 unspecified atom stereocenters. The summed E-state index contributed by atoms with van der Waals surface area (Å²) in [6, 6.07) is 10.4. The molecular weight excluding hydrogens is 449 g/mol. The van der Waals surface area contributed by atoms with Gasteiger partial charge in [-0.1, -0.05) is 44.3 Å². The van der Waals surface area contributed by atoms with Crippen LogP contribution in [0.3, 0.4) is 0 Å². The van der Waals surface area contributed by atoms with Crippen molar-refractivity contribution in [1.82, 2.24) is 14.9 Å². The Morgan fingerprint density at radius 3 is 2.63 bits per heavy atom. The van der Waals surface area contributed by atoms with Gasteiger partial charge in [0.1, 0.15) is 5.82 Å². The first kappa shape index (κ1) is 25.0. The Morgan fingerprint density at radius 2 is 1.93 bits per heavy atom. The van der Waals surface area contributed by atoms with Gasteiger partial charge in [-0.15, -0.1) is 0 Å². The second-order valence-electron chi connectivity index (χ2n) is 8.37. The number of amides is 1. The number of carbonyl (C=O) groups excluding carboxylic acids is 1. The van der Waals surface area contributed by atoms with Crippen molar-refractivity contribution in [3.05, 3.63) is 66.6 Å². The van der Waals surface area contributed by atoms with Crippen LogP contribution in [0.4, 0.5) is 5.69 Å². The van der Waals surface area contributed by atoms with Gasteiger partial charge in [-0.25, -0.2) is 0 Å². The van der Waals surface area contributed by atoms with Crippen LogP contribution in [0.5, 0.6) is 0 Å². The molecule has 0 spiro atoms. The molecule has 5 nitrogen and oxygen atoms in total. The second-order valence-corrected chi connectivity index (χ2v) is 8.37. The second kappa shape index (κ2) is 10.8. The molecule has 1 aromatic carbocycles. The Morgan fingerprint density at radius 1 is 1.23 bits per heavy atom. The van der Waals surface area contributed by atoms with Crippen molar-refractivity contribution in [3.8, 4) is 0 Å². The summed E-state index contributed by atoms with van der Waals surface area (Å²) in [5, 5.41) is 0. The monoisotopic (exact) mass is 481 g/mol. The third kappa shape index (κ3) is 5.90. The molecule has 0 saturated heterocycles. The molecule has 30 heavy (non-hydrogen) atoms. The molecule has 2 aromatic rings. The minimum atomic E-state index is 0. The van der Waals surface area contributed by atoms with Gasteiger partial charge in [0.05, 0.1) is 6.54 Å². The zero-order valence-corrected chi connectivity index (χ0v) is 21.6. The molecule has 0 N–H and O–H groups in total. The van der Waals surface area contributed by atoms with Crippen molar-refractivity contribution in [2.24, 2.45) is 11.8 Å². The predicted octanol–water partition coefficient (Wildman–Crippen LogP) is 3.99. The zero-order valence-electron chi connectivity index (χ0n) is 18.8. The minimum absolute atomic E-state index is 0. The first-order valence-electron chi connectivity index (χ1n) is 10.4. The first-order chi connectivity index (χ1) is 13.8. The third-order valence-electron chi connectivity index (χ3n) is 6.03. The molecule has 1 aliphatic heterocycles. The van der Waals surface area contributed by atoms with E-state index in [9.17, 15) is 4.79 Å². The first-order valence-corrected chi connectivity index (χ1v) is 10.4. The van der Waals surface area contributed by atoms with E-state index in [2.05, 4.69) is 56.0 Å². The van der Waals surface area contributed by atoms with E-state index in [1.54, 1.807) is 4.90 Å². The van der Waals surface area contributed by atoms with Gasteiger partial charge in [0.2, 0.25) is 5.91 Å². The molecule has 0 aliphatic carbocycles. The Labute approximate surface area is 206 Å². The van der Waals surface area contributed by atoms with Crippen molar-refractivity contribution in [2.75, 3.05) is 18.0 Å². The van der Waals surface area contributed by atoms with E-state index in [4.69, 9.17) is 0 Å². The molecule has 1 amide bonds. The number of hydrogen-bond donors (Lipinski definition) is 0. The normalized spacial score (nSPS) is 20.9. The van der Waals surface area contributed by atoms with Crippen molar-refractivity contribution in [3.63, 3.8) is 0 Å². The summed E-state index contributed by atoms with van der Waals surface area (Å²) in [5.74, 6) is 1.78. The van der Waals surface area contributed by atoms with Crippen LogP contribution in [0.1, 0.15) is 43.5 Å². The Balaban J connectivity index is 0.00000320. The van der Waals surface area contributed by atoms with Crippen molar-refractivity contribution < 1.29 is 37.5 Å². The molecule has 2 heterocycles. The average Bonchev–Trinajstić information content (AvgIpc) is 2.75. The summed E-state index contributed by atoms with van der Waals surface area (Å²) in [7, 11) is 4.08. The van der Waals surface area contributed by atoms with Gasteiger partial charge in [0.15, 0.2) is 0 Å². The van der Waals surface area contributed by atoms with Gasteiger partial charge in [-0.05, 0) is 56.4 Å². The molecule has 1 aliphatic rings. The minimum Gasteiger partial charge on any atom is -0.462 e. The molecule has 0 saturated carbocycles. The third-order valence-corrected chi connectivity index (χ3v) is 6.03. The van der Waals surface area contributed by atoms with E-state index in [1.165, 1.54) is 5.56 Å². The van der Waals surface area contributed by atoms with Crippen LogP contribution in [-0.4, -0.2) is 39.9 Å². The van der Waals surface area contributed by atoms with Gasteiger partial charge in [0.25, 0.3) is 0 Å². The number of rotatable bonds is 5. The fourth-order valence-corrected chi connectivity index (χ4v) is 4.15. The van der Waals surface area contributed by atoms with E-state index in [1.807, 2.05) is 37.3 Å². The largest absolute Gasteiger partial charge is 0.462 e. The maximum atomic E-state index is 13.3. The van der Waals surface area contributed by atoms with Crippen LogP contribution >= 0.6 is 0 Å². The average molecular weight is 481 g/mol. The predicted molar refractivity (Wildman–Crippen MR) is 117 cm³/mol. The number of fused-ring (bicyclic) bond motifs is 1. The van der Waals surface area contributed by atoms with Crippen molar-refractivity contribution in [1.29, 1.82) is 0 Å². The van der Waals surface area contributed by atoms with E-state index >= 15 is 0 Å². The standard InChI is InChI=1S/C24H32N4O.Y/c1-16-13-21-9-7-8-10-23(21)28(19(4)18(16)3)24(29)15-27(6)12-11-22-14-17(2)25-20(5)26-22;/h7-11,14,16,18-19H,6,12-13,15H2,1-5H3;/q-2;. The topological polar surface area (TPSA) is 49.3 Å². The van der Waals surface area contributed by atoms with Crippen LogP contribution in [-0.2, 0) is 43.9 Å². The number of carbonyl (C=O) groups is 1. The van der Waals surface area contributed by atoms with Gasteiger partial charge >= 0.3 is 0 Å². The molecule has 0 fully saturated rings. The summed E-state index contributed by atoms with van der Waals surface area (Å²) in [6.07, 6.45) is 2.99. The molecule has 1 radical (unpaired) electrons. The number of para-hydroxylation sites is 1. The summed E-state index contributed by atoms with van der Waals surface area (Å²) < 4.78 is 0. The summed E-state index contributed by atoms with van der Waals surface area (Å²) in [4.78, 5) is 25.8. The van der Waals surface area contributed by atoms with Gasteiger partial charge in [-0.2, -0.15) is 12.5 Å². The van der Waals surface area contributed by atoms with Crippen LogP contribution in [0.2, 0.25) is 0 Å². The maximum Gasteiger partial charge on any atom is 0.238 e. The van der Waals surface area contributed by atoms with Crippen LogP contribution in [0.15, 0.2) is 30.3 Å². The SMILES string of the molecule is [CH2-]N(C[CH-]c1cc(C)nc(C)n1)CC(=O)N1c2ccccc2CC(C)C(C)C1C.[Y]. The number of aryl methyl sites for hydroxylation is 2. The van der Waals surface area contributed by atoms with Crippen LogP contribution in [0, 0.1) is 39.2 Å². The maximum absolute atomic E-state index is 13.3. The Kier molecular flexibility index (Phi) is 9.02. The van der Waals surface area contributed by atoms with Crippen molar-refractivity contribution in [2.45, 2.75) is 47.1 Å². The van der Waals surface area contributed by atoms with E-state index < -0.39 is 0 Å². The fraction of sp³-hybridized carbons (Fsp3) is 0.458. The fourth-order valence-electron chi connectivity index (χ4n) is 4.15. The number of benzene rings is 1. The van der Waals surface area contributed by atoms with E-state index in [0.29, 0.717) is 18.4 Å². The smallest absolute Gasteiger partial charge is 0.238 e. The van der Waals surface area contributed by atoms with Crippen LogP contribution < -0.4 is 4.90 Å². The van der Waals surface area contributed by atoms with E-state index in [-0.39, 0.29) is 51.2 Å². The number of anilines is 1. The summed E-state index contributed by atoms with van der Waals surface area (Å²) in [5.41, 5.74) is 4.10. The van der Waals surface area contributed by atoms with E-state index in [0.717, 1.165) is 29.3 Å². The quantitative estimate of drug-likeness (QED) is 0.607. The van der Waals surface area contributed by atoms with Crippen LogP contribution in [0.25, 0.3) is 0 Å². The Bertz CT molecular complexity index is 852. The van der Waals surface area contributed by atoms with Gasteiger partial charge < -0.3 is 9.80 Å². The van der Waals surface area contributed by atoms with Gasteiger partial charge in [0, 0.05) is 44.4 Å². The molecule has 0 bridgehead atoms. The summed E-state index contributed by atoms with van der Waals surface area (Å²) >= 11 is 0. The number of aromatic nitrogens is 2. The molecule has 1 aromatic heterocycles. The molecule has 3 rings (SSSR count). The Hall–Kier alpha value is -1.30. The molecule has 159 valence electrons. The van der Waals surface area contributed by atoms with Crippen molar-refractivity contribution >= 4 is 11.6 Å². The number of hydrogen-bond acceptors (Lipinski definition) is 4. The summed E-state index contributed by atoms with van der Waals surface area (Å²) in [6.45, 7) is 11.3.